The first kappa shape index (κ1) is 27.0. The fourth-order valence-electron chi connectivity index (χ4n) is 3.79. The van der Waals surface area contributed by atoms with Crippen molar-refractivity contribution in [1.29, 1.82) is 0 Å². The van der Waals surface area contributed by atoms with E-state index in [0.29, 0.717) is 6.54 Å². The molecule has 1 aliphatic rings. The number of rotatable bonds is 10. The van der Waals surface area contributed by atoms with Crippen LogP contribution in [0.1, 0.15) is 77.0 Å². The Labute approximate surface area is 203 Å². The van der Waals surface area contributed by atoms with Gasteiger partial charge in [0.25, 0.3) is 0 Å². The maximum Gasteiger partial charge on any atom is 0.408 e. The topological polar surface area (TPSA) is 87.7 Å². The fraction of sp³-hybridized carbons (Fsp3) is 0.640. The molecule has 33 heavy (non-hydrogen) atoms. The Kier molecular flexibility index (Phi) is 10.1. The molecule has 3 amide bonds. The molecule has 7 nitrogen and oxygen atoms in total. The molecule has 0 bridgehead atoms. The van der Waals surface area contributed by atoms with Gasteiger partial charge in [0, 0.05) is 18.3 Å². The molecule has 0 saturated heterocycles. The molecule has 1 fully saturated rings. The number of nitrogens with one attached hydrogen (secondary N) is 2. The summed E-state index contributed by atoms with van der Waals surface area (Å²) in [4.78, 5) is 41.3. The van der Waals surface area contributed by atoms with Crippen molar-refractivity contribution >= 4 is 30.5 Å². The summed E-state index contributed by atoms with van der Waals surface area (Å²) in [5, 5.41) is 5.67. The van der Waals surface area contributed by atoms with E-state index >= 15 is 0 Å². The minimum absolute atomic E-state index is 0.0677. The standard InChI is InChI=1S/C25H39N3O4S/c1-6-7-15-26-22(29)21(19-14-9-8-11-17(19)2)28(18-12-10-13-18)23(30)20(16-33)27-24(31)32-25(3,4)5/h8-9,11,14,18,20-21,33H,6-7,10,12-13,15-16H2,1-5H3,(H,26,29)(H,27,31). The van der Waals surface area contributed by atoms with Crippen molar-refractivity contribution in [2.24, 2.45) is 0 Å². The summed E-state index contributed by atoms with van der Waals surface area (Å²) in [6.45, 7) is 9.85. The first-order valence-corrected chi connectivity index (χ1v) is 12.5. The predicted molar refractivity (Wildman–Crippen MR) is 133 cm³/mol. The summed E-state index contributed by atoms with van der Waals surface area (Å²) in [6, 6.07) is 5.90. The number of unbranched alkanes of at least 4 members (excludes halogenated alkanes) is 1. The molecule has 1 aromatic carbocycles. The summed E-state index contributed by atoms with van der Waals surface area (Å²) in [5.74, 6) is -0.424. The minimum Gasteiger partial charge on any atom is -0.444 e. The second kappa shape index (κ2) is 12.3. The second-order valence-electron chi connectivity index (χ2n) is 9.62. The number of benzene rings is 1. The van der Waals surface area contributed by atoms with Crippen LogP contribution in [0.3, 0.4) is 0 Å². The molecule has 1 aliphatic carbocycles. The average Bonchev–Trinajstić information content (AvgIpc) is 2.70. The third-order valence-electron chi connectivity index (χ3n) is 5.73. The number of carbonyl (C=O) groups excluding carboxylic acids is 3. The summed E-state index contributed by atoms with van der Waals surface area (Å²) < 4.78 is 5.34. The summed E-state index contributed by atoms with van der Waals surface area (Å²) in [6.07, 6.45) is 3.79. The Morgan fingerprint density at radius 3 is 2.39 bits per heavy atom. The first-order valence-electron chi connectivity index (χ1n) is 11.8. The number of aryl methyl sites for hydroxylation is 1. The van der Waals surface area contributed by atoms with Crippen molar-refractivity contribution in [3.8, 4) is 0 Å². The summed E-state index contributed by atoms with van der Waals surface area (Å²) in [7, 11) is 0. The number of thiol groups is 1. The van der Waals surface area contributed by atoms with E-state index in [1.165, 1.54) is 0 Å². The smallest absolute Gasteiger partial charge is 0.408 e. The van der Waals surface area contributed by atoms with Crippen LogP contribution in [0.5, 0.6) is 0 Å². The molecule has 184 valence electrons. The van der Waals surface area contributed by atoms with E-state index < -0.39 is 23.8 Å². The van der Waals surface area contributed by atoms with Gasteiger partial charge in [0.1, 0.15) is 17.7 Å². The van der Waals surface area contributed by atoms with Gasteiger partial charge in [0.2, 0.25) is 11.8 Å². The highest BCUT2D eigenvalue weighted by Gasteiger charge is 2.42. The zero-order valence-corrected chi connectivity index (χ0v) is 21.4. The van der Waals surface area contributed by atoms with Gasteiger partial charge in [-0.3, -0.25) is 9.59 Å². The lowest BCUT2D eigenvalue weighted by molar-refractivity contribution is -0.147. The molecule has 2 N–H and O–H groups in total. The van der Waals surface area contributed by atoms with Crippen LogP contribution in [0.15, 0.2) is 24.3 Å². The molecule has 2 atom stereocenters. The first-order chi connectivity index (χ1) is 15.6. The van der Waals surface area contributed by atoms with Crippen molar-refractivity contribution in [3.63, 3.8) is 0 Å². The number of nitrogens with zero attached hydrogens (tertiary/aromatic N) is 1. The van der Waals surface area contributed by atoms with E-state index in [9.17, 15) is 14.4 Å². The van der Waals surface area contributed by atoms with Crippen molar-refractivity contribution < 1.29 is 19.1 Å². The normalized spacial score (nSPS) is 15.7. The van der Waals surface area contributed by atoms with E-state index in [-0.39, 0.29) is 23.6 Å². The number of hydrogen-bond donors (Lipinski definition) is 3. The Morgan fingerprint density at radius 2 is 1.88 bits per heavy atom. The quantitative estimate of drug-likeness (QED) is 0.349. The minimum atomic E-state index is -0.904. The molecular weight excluding hydrogens is 438 g/mol. The van der Waals surface area contributed by atoms with Gasteiger partial charge < -0.3 is 20.3 Å². The SMILES string of the molecule is CCCCNC(=O)C(c1ccccc1C)N(C(=O)C(CS)NC(=O)OC(C)(C)C)C1CCC1. The van der Waals surface area contributed by atoms with Gasteiger partial charge >= 0.3 is 6.09 Å². The summed E-state index contributed by atoms with van der Waals surface area (Å²) >= 11 is 4.33. The number of carbonyl (C=O) groups is 3. The van der Waals surface area contributed by atoms with Crippen molar-refractivity contribution in [2.75, 3.05) is 12.3 Å². The highest BCUT2D eigenvalue weighted by Crippen LogP contribution is 2.34. The zero-order valence-electron chi connectivity index (χ0n) is 20.5. The van der Waals surface area contributed by atoms with Crippen LogP contribution < -0.4 is 10.6 Å². The fourth-order valence-corrected chi connectivity index (χ4v) is 4.04. The lowest BCUT2D eigenvalue weighted by atomic mass is 9.87. The van der Waals surface area contributed by atoms with Crippen LogP contribution in [-0.4, -0.2) is 52.8 Å². The van der Waals surface area contributed by atoms with E-state index in [4.69, 9.17) is 4.74 Å². The van der Waals surface area contributed by atoms with Crippen molar-refractivity contribution in [2.45, 2.75) is 90.4 Å². The second-order valence-corrected chi connectivity index (χ2v) is 9.98. The lowest BCUT2D eigenvalue weighted by Gasteiger charge is -2.43. The Balaban J connectivity index is 2.39. The van der Waals surface area contributed by atoms with Gasteiger partial charge in [0.05, 0.1) is 0 Å². The van der Waals surface area contributed by atoms with Crippen LogP contribution in [0.2, 0.25) is 0 Å². The van der Waals surface area contributed by atoms with E-state index in [2.05, 4.69) is 30.2 Å². The van der Waals surface area contributed by atoms with Gasteiger partial charge in [-0.1, -0.05) is 37.6 Å². The van der Waals surface area contributed by atoms with Gasteiger partial charge in [-0.15, -0.1) is 0 Å². The molecule has 0 aromatic heterocycles. The molecule has 0 aliphatic heterocycles. The van der Waals surface area contributed by atoms with Gasteiger partial charge in [0.15, 0.2) is 0 Å². The van der Waals surface area contributed by atoms with Crippen LogP contribution in [0.4, 0.5) is 4.79 Å². The van der Waals surface area contributed by atoms with Crippen LogP contribution in [0.25, 0.3) is 0 Å². The number of ether oxygens (including phenoxy) is 1. The predicted octanol–water partition coefficient (Wildman–Crippen LogP) is 4.16. The monoisotopic (exact) mass is 477 g/mol. The third kappa shape index (κ3) is 7.66. The number of alkyl carbamates (subject to hydrolysis) is 1. The molecule has 1 saturated carbocycles. The van der Waals surface area contributed by atoms with Gasteiger partial charge in [-0.25, -0.2) is 4.79 Å². The van der Waals surface area contributed by atoms with Crippen LogP contribution >= 0.6 is 12.6 Å². The maximum absolute atomic E-state index is 13.8. The highest BCUT2D eigenvalue weighted by atomic mass is 32.1. The third-order valence-corrected chi connectivity index (χ3v) is 6.10. The Hall–Kier alpha value is -2.22. The largest absolute Gasteiger partial charge is 0.444 e. The highest BCUT2D eigenvalue weighted by molar-refractivity contribution is 7.80. The number of amides is 3. The maximum atomic E-state index is 13.8. The molecule has 0 spiro atoms. The average molecular weight is 478 g/mol. The van der Waals surface area contributed by atoms with E-state index in [1.54, 1.807) is 25.7 Å². The Morgan fingerprint density at radius 1 is 1.21 bits per heavy atom. The molecule has 0 radical (unpaired) electrons. The number of hydrogen-bond acceptors (Lipinski definition) is 5. The molecule has 8 heteroatoms. The van der Waals surface area contributed by atoms with Gasteiger partial charge in [-0.2, -0.15) is 12.6 Å². The molecule has 0 heterocycles. The van der Waals surface area contributed by atoms with Crippen molar-refractivity contribution in [1.82, 2.24) is 15.5 Å². The Bertz CT molecular complexity index is 820. The van der Waals surface area contributed by atoms with Crippen LogP contribution in [-0.2, 0) is 14.3 Å². The van der Waals surface area contributed by atoms with E-state index in [1.807, 2.05) is 31.2 Å². The van der Waals surface area contributed by atoms with Gasteiger partial charge in [-0.05, 0) is 64.5 Å². The van der Waals surface area contributed by atoms with Crippen LogP contribution in [0, 0.1) is 6.92 Å². The summed E-state index contributed by atoms with van der Waals surface area (Å²) in [5.41, 5.74) is 1.04. The molecule has 2 unspecified atom stereocenters. The van der Waals surface area contributed by atoms with Crippen molar-refractivity contribution in [3.05, 3.63) is 35.4 Å². The molecular formula is C25H39N3O4S. The molecule has 1 aromatic rings. The zero-order chi connectivity index (χ0) is 24.6. The molecule has 2 rings (SSSR count). The van der Waals surface area contributed by atoms with E-state index in [0.717, 1.165) is 43.2 Å². The lowest BCUT2D eigenvalue weighted by Crippen LogP contribution is -2.58.